The summed E-state index contributed by atoms with van der Waals surface area (Å²) in [6, 6.07) is 21.0. The van der Waals surface area contributed by atoms with Gasteiger partial charge in [0.25, 0.3) is 23.8 Å². The Hall–Kier alpha value is -4.72. The zero-order chi connectivity index (χ0) is 22.9. The molecule has 6 rings (SSSR count). The minimum atomic E-state index is -0.551. The van der Waals surface area contributed by atoms with Crippen LogP contribution < -0.4 is 10.2 Å². The van der Waals surface area contributed by atoms with Crippen molar-refractivity contribution in [2.75, 3.05) is 10.2 Å². The molecule has 3 aliphatic rings. The number of fused-ring (bicyclic) bond motifs is 2. The predicted octanol–water partition coefficient (Wildman–Crippen LogP) is 3.89. The van der Waals surface area contributed by atoms with Crippen LogP contribution in [0.3, 0.4) is 0 Å². The van der Waals surface area contributed by atoms with Crippen molar-refractivity contribution in [3.05, 3.63) is 102 Å². The van der Waals surface area contributed by atoms with Gasteiger partial charge in [-0.25, -0.2) is 0 Å². The number of nitrogens with zero attached hydrogens (tertiary/aromatic N) is 1. The molecule has 0 aromatic heterocycles. The molecule has 0 fully saturated rings. The van der Waals surface area contributed by atoms with Gasteiger partial charge in [0.2, 0.25) is 0 Å². The number of benzene rings is 3. The van der Waals surface area contributed by atoms with Crippen LogP contribution in [0.5, 0.6) is 0 Å². The van der Waals surface area contributed by atoms with Crippen LogP contribution in [0.15, 0.2) is 85.3 Å². The summed E-state index contributed by atoms with van der Waals surface area (Å²) in [4.78, 5) is 47.5. The number of hydrogen-bond donors (Lipinski definition) is 1. The summed E-state index contributed by atoms with van der Waals surface area (Å²) in [6.45, 7) is 0. The first-order chi connectivity index (χ1) is 16.0. The van der Waals surface area contributed by atoms with E-state index in [1.165, 1.54) is 17.4 Å². The number of Topliss-reactive ketones (excluding diaryl/α,β-unsaturated/α-hetero) is 2. The van der Waals surface area contributed by atoms with E-state index in [-0.39, 0.29) is 0 Å². The predicted molar refractivity (Wildman–Crippen MR) is 118 cm³/mol. The number of ether oxygens (including phenoxy) is 2. The molecule has 8 nitrogen and oxygen atoms in total. The summed E-state index contributed by atoms with van der Waals surface area (Å²) < 4.78 is 10.6. The lowest BCUT2D eigenvalue weighted by Gasteiger charge is -2.18. The van der Waals surface area contributed by atoms with Gasteiger partial charge < -0.3 is 14.8 Å². The van der Waals surface area contributed by atoms with Crippen LogP contribution >= 0.6 is 0 Å². The highest BCUT2D eigenvalue weighted by molar-refractivity contribution is 6.53. The van der Waals surface area contributed by atoms with Crippen molar-refractivity contribution >= 4 is 40.4 Å². The number of para-hydroxylation sites is 2. The number of nitrogens with one attached hydrogen (secondary N) is 1. The number of anilines is 3. The van der Waals surface area contributed by atoms with E-state index in [0.29, 0.717) is 28.2 Å². The zero-order valence-corrected chi connectivity index (χ0v) is 17.1. The third-order valence-corrected chi connectivity index (χ3v) is 5.27. The van der Waals surface area contributed by atoms with Gasteiger partial charge in [0.1, 0.15) is 12.5 Å². The largest absolute Gasteiger partial charge is 0.455 e. The molecule has 3 aromatic rings. The molecule has 3 heterocycles. The first-order valence-electron chi connectivity index (χ1n) is 10.0. The smallest absolute Gasteiger partial charge is 0.304 e. The van der Waals surface area contributed by atoms with Crippen LogP contribution in [-0.4, -0.2) is 23.4 Å². The van der Waals surface area contributed by atoms with Gasteiger partial charge >= 0.3 is 5.91 Å². The molecular formula is C25H16N2O6. The number of hydrogen-bond acceptors (Lipinski definition) is 6. The van der Waals surface area contributed by atoms with Crippen LogP contribution in [-0.2, 0) is 19.1 Å². The normalized spacial score (nSPS) is 15.9. The van der Waals surface area contributed by atoms with Crippen molar-refractivity contribution in [2.45, 2.75) is 6.29 Å². The van der Waals surface area contributed by atoms with E-state index >= 15 is 0 Å². The Kier molecular flexibility index (Phi) is 4.95. The number of ketones is 2. The van der Waals surface area contributed by atoms with Crippen LogP contribution in [0.1, 0.15) is 32.6 Å². The van der Waals surface area contributed by atoms with Crippen molar-refractivity contribution in [1.29, 1.82) is 0 Å². The quantitative estimate of drug-likeness (QED) is 0.607. The van der Waals surface area contributed by atoms with Crippen LogP contribution in [0.2, 0.25) is 0 Å². The maximum atomic E-state index is 12.3. The highest BCUT2D eigenvalue weighted by Gasteiger charge is 2.36. The molecule has 0 saturated carbocycles. The summed E-state index contributed by atoms with van der Waals surface area (Å²) >= 11 is 0. The highest BCUT2D eigenvalue weighted by Crippen LogP contribution is 2.36. The van der Waals surface area contributed by atoms with E-state index in [4.69, 9.17) is 9.47 Å². The molecule has 0 unspecified atom stereocenters. The summed E-state index contributed by atoms with van der Waals surface area (Å²) in [5.74, 6) is -2.02. The van der Waals surface area contributed by atoms with Gasteiger partial charge in [-0.3, -0.25) is 24.1 Å². The molecule has 3 aliphatic heterocycles. The first-order valence-corrected chi connectivity index (χ1v) is 10.0. The van der Waals surface area contributed by atoms with Crippen LogP contribution in [0.4, 0.5) is 17.1 Å². The monoisotopic (exact) mass is 440 g/mol. The maximum Gasteiger partial charge on any atom is 0.304 e. The minimum absolute atomic E-state index is 0.424. The standard InChI is InChI=1S/C17H11NO4.C8H5NO2/c19-15-13-6-1-2-7-14(13)18(16(15)20)12-5-3-4-11(10-12)17-21-8-9-22-17;10-7-5-3-1-2-4-6(5)9-8(7)11/h1-10,17H;1-4H,(H,9,10,11). The van der Waals surface area contributed by atoms with Crippen molar-refractivity contribution in [1.82, 2.24) is 0 Å². The molecule has 162 valence electrons. The lowest BCUT2D eigenvalue weighted by molar-refractivity contribution is -0.113. The molecule has 0 bridgehead atoms. The van der Waals surface area contributed by atoms with Gasteiger partial charge in [0, 0.05) is 11.3 Å². The van der Waals surface area contributed by atoms with E-state index in [2.05, 4.69) is 5.32 Å². The summed E-state index contributed by atoms with van der Waals surface area (Å²) in [6.07, 6.45) is 2.41. The Morgan fingerprint density at radius 3 is 2.18 bits per heavy atom. The Morgan fingerprint density at radius 2 is 1.42 bits per heavy atom. The average molecular weight is 440 g/mol. The number of amides is 2. The second-order valence-corrected chi connectivity index (χ2v) is 7.29. The van der Waals surface area contributed by atoms with Crippen molar-refractivity contribution in [3.63, 3.8) is 0 Å². The van der Waals surface area contributed by atoms with Crippen LogP contribution in [0, 0.1) is 0 Å². The molecule has 0 radical (unpaired) electrons. The van der Waals surface area contributed by atoms with E-state index in [1.807, 2.05) is 6.07 Å². The maximum absolute atomic E-state index is 12.3. The molecule has 8 heteroatoms. The van der Waals surface area contributed by atoms with Gasteiger partial charge in [-0.05, 0) is 36.4 Å². The average Bonchev–Trinajstić information content (AvgIpc) is 3.54. The van der Waals surface area contributed by atoms with Crippen LogP contribution in [0.25, 0.3) is 0 Å². The second-order valence-electron chi connectivity index (χ2n) is 7.29. The lowest BCUT2D eigenvalue weighted by atomic mass is 10.1. The van der Waals surface area contributed by atoms with E-state index in [0.717, 1.165) is 5.56 Å². The van der Waals surface area contributed by atoms with Crippen molar-refractivity contribution in [2.24, 2.45) is 0 Å². The van der Waals surface area contributed by atoms with Gasteiger partial charge in [0.05, 0.1) is 22.5 Å². The molecule has 2 amide bonds. The fourth-order valence-corrected chi connectivity index (χ4v) is 3.74. The second kappa shape index (κ2) is 8.08. The molecule has 1 N–H and O–H groups in total. The Labute approximate surface area is 188 Å². The van der Waals surface area contributed by atoms with Gasteiger partial charge in [-0.2, -0.15) is 0 Å². The van der Waals surface area contributed by atoms with Gasteiger partial charge in [-0.1, -0.05) is 36.4 Å². The molecule has 33 heavy (non-hydrogen) atoms. The molecule has 0 spiro atoms. The Balaban J connectivity index is 0.000000174. The summed E-state index contributed by atoms with van der Waals surface area (Å²) in [5, 5.41) is 2.46. The number of rotatable bonds is 2. The SMILES string of the molecule is O=C1C(=O)N(c2cccc(C3OC=CO3)c2)c2ccccc21.O=C1Nc2ccccc2C1=O. The Bertz CT molecular complexity index is 1340. The molecule has 0 aliphatic carbocycles. The zero-order valence-electron chi connectivity index (χ0n) is 17.1. The van der Waals surface area contributed by atoms with E-state index < -0.39 is 29.7 Å². The van der Waals surface area contributed by atoms with Crippen molar-refractivity contribution < 1.29 is 28.7 Å². The third kappa shape index (κ3) is 3.53. The number of carbonyl (C=O) groups is 4. The Morgan fingerprint density at radius 1 is 0.727 bits per heavy atom. The number of carbonyl (C=O) groups excluding carboxylic acids is 4. The van der Waals surface area contributed by atoms with Gasteiger partial charge in [-0.15, -0.1) is 0 Å². The lowest BCUT2D eigenvalue weighted by Crippen LogP contribution is -2.24. The molecule has 0 atom stereocenters. The topological polar surface area (TPSA) is 102 Å². The molecule has 0 saturated heterocycles. The third-order valence-electron chi connectivity index (χ3n) is 5.27. The summed E-state index contributed by atoms with van der Waals surface area (Å²) in [7, 11) is 0. The van der Waals surface area contributed by atoms with Gasteiger partial charge in [0.15, 0.2) is 0 Å². The van der Waals surface area contributed by atoms with E-state index in [1.54, 1.807) is 66.7 Å². The minimum Gasteiger partial charge on any atom is -0.455 e. The molecular weight excluding hydrogens is 424 g/mol. The first kappa shape index (κ1) is 20.2. The fraction of sp³-hybridized carbons (Fsp3) is 0.0400. The fourth-order valence-electron chi connectivity index (χ4n) is 3.74. The molecule has 3 aromatic carbocycles. The highest BCUT2D eigenvalue weighted by atomic mass is 16.7. The van der Waals surface area contributed by atoms with E-state index in [9.17, 15) is 19.2 Å². The van der Waals surface area contributed by atoms with Crippen molar-refractivity contribution in [3.8, 4) is 0 Å². The summed E-state index contributed by atoms with van der Waals surface area (Å²) in [5.41, 5.74) is 3.49.